The first-order valence-corrected chi connectivity index (χ1v) is 10.8. The van der Waals surface area contributed by atoms with Gasteiger partial charge in [-0.2, -0.15) is 4.31 Å². The summed E-state index contributed by atoms with van der Waals surface area (Å²) in [6, 6.07) is 13.7. The van der Waals surface area contributed by atoms with Gasteiger partial charge in [-0.05, 0) is 42.8 Å². The number of nitrogens with zero attached hydrogens (tertiary/aromatic N) is 2. The average Bonchev–Trinajstić information content (AvgIpc) is 2.72. The summed E-state index contributed by atoms with van der Waals surface area (Å²) in [6.07, 6.45) is 3.09. The average molecular weight is 416 g/mol. The fraction of sp³-hybridized carbons (Fsp3) is 0.286. The zero-order valence-corrected chi connectivity index (χ0v) is 17.0. The van der Waals surface area contributed by atoms with Gasteiger partial charge in [0, 0.05) is 43.3 Å². The summed E-state index contributed by atoms with van der Waals surface area (Å²) < 4.78 is 27.1. The van der Waals surface area contributed by atoms with Gasteiger partial charge in [-0.25, -0.2) is 8.42 Å². The zero-order chi connectivity index (χ0) is 20.9. The standard InChI is InChI=1S/C21H25N3O4S/c1-24(15-19(26)14-23-11-9-16-5-7-18(25)8-6-16)29(27,28)21-4-2-3-17-13-22-12-10-20(17)21/h2-8,10,12-13,19,23,25-26H,9,11,14-15H2,1H3. The van der Waals surface area contributed by atoms with Gasteiger partial charge in [0.1, 0.15) is 5.75 Å². The first-order valence-electron chi connectivity index (χ1n) is 9.33. The number of pyridine rings is 1. The summed E-state index contributed by atoms with van der Waals surface area (Å²) in [5, 5.41) is 24.0. The normalized spacial score (nSPS) is 13.1. The largest absolute Gasteiger partial charge is 0.508 e. The number of phenolic OH excluding ortho intramolecular Hbond substituents is 1. The fourth-order valence-corrected chi connectivity index (χ4v) is 4.53. The van der Waals surface area contributed by atoms with Crippen molar-refractivity contribution in [1.82, 2.24) is 14.6 Å². The minimum atomic E-state index is -3.74. The maximum atomic E-state index is 13.0. The van der Waals surface area contributed by atoms with E-state index in [0.29, 0.717) is 11.9 Å². The highest BCUT2D eigenvalue weighted by Gasteiger charge is 2.24. The van der Waals surface area contributed by atoms with Crippen LogP contribution in [0.5, 0.6) is 5.75 Å². The predicted octanol–water partition coefficient (Wildman–Crippen LogP) is 1.75. The molecular weight excluding hydrogens is 390 g/mol. The van der Waals surface area contributed by atoms with Gasteiger partial charge in [0.15, 0.2) is 0 Å². The first-order chi connectivity index (χ1) is 13.9. The molecule has 29 heavy (non-hydrogen) atoms. The van der Waals surface area contributed by atoms with Crippen LogP contribution in [0.25, 0.3) is 10.8 Å². The van der Waals surface area contributed by atoms with Gasteiger partial charge in [0.05, 0.1) is 11.0 Å². The van der Waals surface area contributed by atoms with Crippen molar-refractivity contribution < 1.29 is 18.6 Å². The zero-order valence-electron chi connectivity index (χ0n) is 16.2. The minimum absolute atomic E-state index is 0.0178. The Morgan fingerprint density at radius 1 is 1.14 bits per heavy atom. The molecule has 0 fully saturated rings. The molecule has 154 valence electrons. The van der Waals surface area contributed by atoms with Gasteiger partial charge in [0.25, 0.3) is 0 Å². The molecule has 7 nitrogen and oxygen atoms in total. The second kappa shape index (κ2) is 9.32. The number of likely N-dealkylation sites (N-methyl/N-ethyl adjacent to an activating group) is 1. The van der Waals surface area contributed by atoms with E-state index in [1.54, 1.807) is 42.7 Å². The highest BCUT2D eigenvalue weighted by Crippen LogP contribution is 2.24. The summed E-state index contributed by atoms with van der Waals surface area (Å²) in [4.78, 5) is 4.23. The lowest BCUT2D eigenvalue weighted by Crippen LogP contribution is -2.39. The molecule has 8 heteroatoms. The van der Waals surface area contributed by atoms with Crippen molar-refractivity contribution in [3.8, 4) is 5.75 Å². The van der Waals surface area contributed by atoms with Crippen LogP contribution in [-0.4, -0.2) is 60.7 Å². The van der Waals surface area contributed by atoms with Crippen LogP contribution in [-0.2, 0) is 16.4 Å². The molecule has 3 rings (SSSR count). The third-order valence-corrected chi connectivity index (χ3v) is 6.59. The van der Waals surface area contributed by atoms with Crippen LogP contribution < -0.4 is 5.32 Å². The number of hydrogen-bond acceptors (Lipinski definition) is 6. The van der Waals surface area contributed by atoms with Crippen molar-refractivity contribution in [3.63, 3.8) is 0 Å². The third kappa shape index (κ3) is 5.30. The molecule has 3 aromatic rings. The number of aliphatic hydroxyl groups is 1. The second-order valence-electron chi connectivity index (χ2n) is 6.91. The van der Waals surface area contributed by atoms with Crippen molar-refractivity contribution in [3.05, 3.63) is 66.5 Å². The minimum Gasteiger partial charge on any atom is -0.508 e. The quantitative estimate of drug-likeness (QED) is 0.460. The number of aromatic hydroxyl groups is 1. The van der Waals surface area contributed by atoms with E-state index in [9.17, 15) is 18.6 Å². The highest BCUT2D eigenvalue weighted by molar-refractivity contribution is 7.89. The maximum absolute atomic E-state index is 13.0. The summed E-state index contributed by atoms with van der Waals surface area (Å²) >= 11 is 0. The maximum Gasteiger partial charge on any atom is 0.243 e. The summed E-state index contributed by atoms with van der Waals surface area (Å²) in [6.45, 7) is 0.891. The van der Waals surface area contributed by atoms with Gasteiger partial charge in [-0.1, -0.05) is 24.3 Å². The van der Waals surface area contributed by atoms with E-state index in [1.807, 2.05) is 18.2 Å². The lowest BCUT2D eigenvalue weighted by molar-refractivity contribution is 0.150. The number of rotatable bonds is 9. The Morgan fingerprint density at radius 2 is 1.90 bits per heavy atom. The Hall–Kier alpha value is -2.52. The Morgan fingerprint density at radius 3 is 2.66 bits per heavy atom. The molecule has 0 spiro atoms. The molecule has 1 heterocycles. The molecular formula is C21H25N3O4S. The molecule has 0 aliphatic heterocycles. The van der Waals surface area contributed by atoms with Crippen LogP contribution in [0.3, 0.4) is 0 Å². The third-order valence-electron chi connectivity index (χ3n) is 4.70. The molecule has 0 aliphatic carbocycles. The van der Waals surface area contributed by atoms with Gasteiger partial charge >= 0.3 is 0 Å². The van der Waals surface area contributed by atoms with Gasteiger partial charge < -0.3 is 15.5 Å². The number of aliphatic hydroxyl groups excluding tert-OH is 1. The van der Waals surface area contributed by atoms with Crippen LogP contribution in [0.4, 0.5) is 0 Å². The Balaban J connectivity index is 1.55. The molecule has 0 saturated carbocycles. The summed E-state index contributed by atoms with van der Waals surface area (Å²) in [5.41, 5.74) is 1.06. The van der Waals surface area contributed by atoms with E-state index < -0.39 is 16.1 Å². The van der Waals surface area contributed by atoms with Crippen LogP contribution in [0.15, 0.2) is 65.8 Å². The predicted molar refractivity (Wildman–Crippen MR) is 112 cm³/mol. The number of hydrogen-bond donors (Lipinski definition) is 3. The molecule has 0 aliphatic rings. The van der Waals surface area contributed by atoms with E-state index >= 15 is 0 Å². The van der Waals surface area contributed by atoms with Crippen molar-refractivity contribution in [2.45, 2.75) is 17.4 Å². The number of sulfonamides is 1. The second-order valence-corrected chi connectivity index (χ2v) is 8.93. The fourth-order valence-electron chi connectivity index (χ4n) is 3.11. The Bertz CT molecular complexity index is 1050. The number of fused-ring (bicyclic) bond motifs is 1. The van der Waals surface area contributed by atoms with Crippen molar-refractivity contribution >= 4 is 20.8 Å². The lowest BCUT2D eigenvalue weighted by Gasteiger charge is -2.21. The topological polar surface area (TPSA) is 103 Å². The molecule has 0 amide bonds. The number of aromatic nitrogens is 1. The van der Waals surface area contributed by atoms with Crippen LogP contribution >= 0.6 is 0 Å². The lowest BCUT2D eigenvalue weighted by atomic mass is 10.1. The van der Waals surface area contributed by atoms with Gasteiger partial charge in [0.2, 0.25) is 10.0 Å². The SMILES string of the molecule is CN(CC(O)CNCCc1ccc(O)cc1)S(=O)(=O)c1cccc2cnccc12. The van der Waals surface area contributed by atoms with Crippen molar-refractivity contribution in [2.24, 2.45) is 0 Å². The van der Waals surface area contributed by atoms with E-state index in [1.165, 1.54) is 11.4 Å². The van der Waals surface area contributed by atoms with Crippen LogP contribution in [0.1, 0.15) is 5.56 Å². The van der Waals surface area contributed by atoms with Crippen LogP contribution in [0, 0.1) is 0 Å². The molecule has 3 N–H and O–H groups in total. The molecule has 0 bridgehead atoms. The molecule has 1 aromatic heterocycles. The number of benzene rings is 2. The van der Waals surface area contributed by atoms with Crippen molar-refractivity contribution in [2.75, 3.05) is 26.7 Å². The van der Waals surface area contributed by atoms with E-state index in [-0.39, 0.29) is 23.7 Å². The first kappa shape index (κ1) is 21.2. The summed E-state index contributed by atoms with van der Waals surface area (Å²) in [7, 11) is -2.28. The Kier molecular flexibility index (Phi) is 6.81. The molecule has 1 unspecified atom stereocenters. The van der Waals surface area contributed by atoms with Gasteiger partial charge in [-0.15, -0.1) is 0 Å². The summed E-state index contributed by atoms with van der Waals surface area (Å²) in [5.74, 6) is 0.226. The molecule has 2 aromatic carbocycles. The van der Waals surface area contributed by atoms with E-state index in [2.05, 4.69) is 10.3 Å². The highest BCUT2D eigenvalue weighted by atomic mass is 32.2. The molecule has 0 saturated heterocycles. The van der Waals surface area contributed by atoms with Crippen LogP contribution in [0.2, 0.25) is 0 Å². The number of phenols is 1. The molecule has 0 radical (unpaired) electrons. The monoisotopic (exact) mass is 415 g/mol. The van der Waals surface area contributed by atoms with E-state index in [0.717, 1.165) is 17.4 Å². The van der Waals surface area contributed by atoms with Gasteiger partial charge in [-0.3, -0.25) is 4.98 Å². The Labute approximate surface area is 170 Å². The smallest absolute Gasteiger partial charge is 0.243 e. The molecule has 1 atom stereocenters. The number of nitrogens with one attached hydrogen (secondary N) is 1. The van der Waals surface area contributed by atoms with Crippen molar-refractivity contribution in [1.29, 1.82) is 0 Å². The van der Waals surface area contributed by atoms with E-state index in [4.69, 9.17) is 0 Å².